The zero-order chi connectivity index (χ0) is 20.4. The molecule has 3 atom stereocenters. The molecule has 0 saturated heterocycles. The molecule has 146 valence electrons. The number of Topliss-reactive ketones (excluding diaryl/α,β-unsaturated/α-hetero) is 2. The van der Waals surface area contributed by atoms with Crippen LogP contribution in [-0.2, 0) is 20.6 Å². The van der Waals surface area contributed by atoms with E-state index in [2.05, 4.69) is 5.32 Å². The lowest BCUT2D eigenvalue weighted by molar-refractivity contribution is -0.156. The van der Waals surface area contributed by atoms with Gasteiger partial charge in [0, 0.05) is 17.0 Å². The molecule has 3 unspecified atom stereocenters. The summed E-state index contributed by atoms with van der Waals surface area (Å²) in [5.41, 5.74) is -2.64. The summed E-state index contributed by atoms with van der Waals surface area (Å²) in [4.78, 5) is 38.4. The molecule has 4 nitrogen and oxygen atoms in total. The fourth-order valence-corrected chi connectivity index (χ4v) is 4.60. The Balaban J connectivity index is 1.90. The van der Waals surface area contributed by atoms with Gasteiger partial charge in [0.2, 0.25) is 5.91 Å². The fourth-order valence-electron chi connectivity index (χ4n) is 4.37. The van der Waals surface area contributed by atoms with Crippen LogP contribution in [0.3, 0.4) is 0 Å². The second-order valence-corrected chi connectivity index (χ2v) is 8.43. The molecule has 0 aromatic heterocycles. The Hall–Kier alpha value is -1.89. The van der Waals surface area contributed by atoms with E-state index < -0.39 is 56.9 Å². The second kappa shape index (κ2) is 6.06. The molecule has 2 fully saturated rings. The van der Waals surface area contributed by atoms with Crippen LogP contribution in [0.1, 0.15) is 39.2 Å². The second-order valence-electron chi connectivity index (χ2n) is 8.03. The quantitative estimate of drug-likeness (QED) is 0.742. The number of carbonyl (C=O) groups is 3. The molecule has 0 radical (unpaired) electrons. The number of amides is 1. The molecule has 0 aliphatic heterocycles. The molecule has 0 spiro atoms. The zero-order valence-corrected chi connectivity index (χ0v) is 15.8. The molecule has 1 amide bonds. The Morgan fingerprint density at radius 1 is 1.22 bits per heavy atom. The summed E-state index contributed by atoms with van der Waals surface area (Å²) in [6.07, 6.45) is -3.65. The fraction of sp³-hybridized carbons (Fsp3) is 0.526. The maximum absolute atomic E-state index is 13.0. The highest BCUT2D eigenvalue weighted by atomic mass is 35.5. The third-order valence-corrected chi connectivity index (χ3v) is 6.79. The van der Waals surface area contributed by atoms with Gasteiger partial charge in [-0.05, 0) is 36.5 Å². The summed E-state index contributed by atoms with van der Waals surface area (Å²) in [7, 11) is 0. The molecule has 1 aromatic rings. The minimum absolute atomic E-state index is 0.167. The summed E-state index contributed by atoms with van der Waals surface area (Å²) < 4.78 is 39.0. The van der Waals surface area contributed by atoms with Crippen molar-refractivity contribution in [3.63, 3.8) is 0 Å². The number of carbonyl (C=O) groups excluding carboxylic acids is 3. The van der Waals surface area contributed by atoms with Crippen molar-refractivity contribution >= 4 is 34.8 Å². The molecule has 27 heavy (non-hydrogen) atoms. The lowest BCUT2D eigenvalue weighted by atomic mass is 9.55. The first kappa shape index (κ1) is 19.9. The highest BCUT2D eigenvalue weighted by Crippen LogP contribution is 2.61. The Kier molecular flexibility index (Phi) is 4.45. The van der Waals surface area contributed by atoms with Gasteiger partial charge >= 0.3 is 6.18 Å². The van der Waals surface area contributed by atoms with Crippen molar-refractivity contribution in [1.82, 2.24) is 0 Å². The number of alkyl halides is 3. The predicted molar refractivity (Wildman–Crippen MR) is 93.2 cm³/mol. The number of hydrogen-bond acceptors (Lipinski definition) is 3. The van der Waals surface area contributed by atoms with Gasteiger partial charge in [0.1, 0.15) is 0 Å². The van der Waals surface area contributed by atoms with Gasteiger partial charge in [0.25, 0.3) is 0 Å². The maximum Gasteiger partial charge on any atom is 0.417 e. The molecular formula is C19H19ClF3NO3. The first-order chi connectivity index (χ1) is 12.3. The lowest BCUT2D eigenvalue weighted by Crippen LogP contribution is -2.56. The van der Waals surface area contributed by atoms with Gasteiger partial charge in [-0.3, -0.25) is 14.4 Å². The largest absolute Gasteiger partial charge is 0.417 e. The average Bonchev–Trinajstić information content (AvgIpc) is 2.72. The van der Waals surface area contributed by atoms with Crippen molar-refractivity contribution in [2.75, 3.05) is 5.32 Å². The van der Waals surface area contributed by atoms with Gasteiger partial charge in [-0.1, -0.05) is 32.4 Å². The molecule has 8 heteroatoms. The highest BCUT2D eigenvalue weighted by Gasteiger charge is 2.66. The summed E-state index contributed by atoms with van der Waals surface area (Å²) in [5, 5.41) is 1.78. The van der Waals surface area contributed by atoms with Crippen LogP contribution in [0.4, 0.5) is 18.9 Å². The first-order valence-electron chi connectivity index (χ1n) is 8.56. The molecular weight excluding hydrogens is 383 g/mol. The topological polar surface area (TPSA) is 63.2 Å². The van der Waals surface area contributed by atoms with E-state index in [1.165, 1.54) is 6.07 Å². The van der Waals surface area contributed by atoms with E-state index in [9.17, 15) is 27.6 Å². The smallest absolute Gasteiger partial charge is 0.325 e. The van der Waals surface area contributed by atoms with E-state index in [0.29, 0.717) is 18.9 Å². The number of ketones is 2. The number of nitrogens with one attached hydrogen (secondary N) is 1. The molecule has 3 rings (SSSR count). The van der Waals surface area contributed by atoms with E-state index in [4.69, 9.17) is 11.6 Å². The zero-order valence-electron chi connectivity index (χ0n) is 15.0. The highest BCUT2D eigenvalue weighted by molar-refractivity contribution is 6.31. The van der Waals surface area contributed by atoms with E-state index >= 15 is 0 Å². The monoisotopic (exact) mass is 401 g/mol. The van der Waals surface area contributed by atoms with Crippen LogP contribution in [0.15, 0.2) is 18.2 Å². The van der Waals surface area contributed by atoms with Crippen molar-refractivity contribution in [3.05, 3.63) is 28.8 Å². The third-order valence-electron chi connectivity index (χ3n) is 6.46. The minimum Gasteiger partial charge on any atom is -0.325 e. The van der Waals surface area contributed by atoms with Crippen molar-refractivity contribution in [2.45, 2.75) is 39.8 Å². The van der Waals surface area contributed by atoms with E-state index in [0.717, 1.165) is 6.07 Å². The summed E-state index contributed by atoms with van der Waals surface area (Å²) >= 11 is 5.57. The molecule has 2 aliphatic carbocycles. The summed E-state index contributed by atoms with van der Waals surface area (Å²) in [6, 6.07) is 2.91. The van der Waals surface area contributed by atoms with Gasteiger partial charge < -0.3 is 5.32 Å². The standard InChI is InChI=1S/C19H19ClF3NO3/c1-17(2)10-6-7-18(17,3)15(26)13(14(10)25)16(27)24-9-4-5-12(20)11(8-9)19(21,22)23/h4-5,8,10,13H,6-7H2,1-3H3,(H,24,27). The average molecular weight is 402 g/mol. The molecule has 2 aliphatic rings. The lowest BCUT2D eigenvalue weighted by Gasteiger charge is -2.46. The van der Waals surface area contributed by atoms with Crippen LogP contribution in [-0.4, -0.2) is 17.5 Å². The number of benzene rings is 1. The minimum atomic E-state index is -4.69. The van der Waals surface area contributed by atoms with Crippen molar-refractivity contribution < 1.29 is 27.6 Å². The van der Waals surface area contributed by atoms with Crippen LogP contribution in [0.25, 0.3) is 0 Å². The van der Waals surface area contributed by atoms with Crippen LogP contribution in [0, 0.1) is 22.7 Å². The number of halogens is 4. The van der Waals surface area contributed by atoms with Crippen molar-refractivity contribution in [3.8, 4) is 0 Å². The van der Waals surface area contributed by atoms with Gasteiger partial charge in [0.05, 0.1) is 10.6 Å². The Morgan fingerprint density at radius 3 is 2.44 bits per heavy atom. The molecule has 2 saturated carbocycles. The van der Waals surface area contributed by atoms with E-state index in [1.54, 1.807) is 6.92 Å². The number of fused-ring (bicyclic) bond motifs is 2. The van der Waals surface area contributed by atoms with Crippen LogP contribution < -0.4 is 5.32 Å². The van der Waals surface area contributed by atoms with Crippen LogP contribution >= 0.6 is 11.6 Å². The van der Waals surface area contributed by atoms with Gasteiger partial charge in [-0.15, -0.1) is 0 Å². The SMILES string of the molecule is CC12CCC(C(=O)C(C(=O)Nc3ccc(Cl)c(C(F)(F)F)c3)C1=O)C2(C)C. The van der Waals surface area contributed by atoms with E-state index in [-0.39, 0.29) is 5.69 Å². The number of anilines is 1. The Labute approximate surface area is 159 Å². The van der Waals surface area contributed by atoms with E-state index in [1.807, 2.05) is 13.8 Å². The molecule has 2 bridgehead atoms. The normalized spacial score (nSPS) is 29.7. The maximum atomic E-state index is 13.0. The van der Waals surface area contributed by atoms with Gasteiger partial charge in [0.15, 0.2) is 17.5 Å². The van der Waals surface area contributed by atoms with Crippen molar-refractivity contribution in [2.24, 2.45) is 22.7 Å². The van der Waals surface area contributed by atoms with Crippen molar-refractivity contribution in [1.29, 1.82) is 0 Å². The van der Waals surface area contributed by atoms with Gasteiger partial charge in [-0.2, -0.15) is 13.2 Å². The molecule has 1 N–H and O–H groups in total. The number of rotatable bonds is 2. The first-order valence-corrected chi connectivity index (χ1v) is 8.94. The van der Waals surface area contributed by atoms with Crippen LogP contribution in [0.2, 0.25) is 5.02 Å². The Bertz CT molecular complexity index is 849. The molecule has 0 heterocycles. The predicted octanol–water partition coefficient (Wildman–Crippen LogP) is 4.51. The summed E-state index contributed by atoms with van der Waals surface area (Å²) in [5.74, 6) is -3.74. The number of hydrogen-bond donors (Lipinski definition) is 1. The van der Waals surface area contributed by atoms with Crippen LogP contribution in [0.5, 0.6) is 0 Å². The molecule has 1 aromatic carbocycles. The summed E-state index contributed by atoms with van der Waals surface area (Å²) in [6.45, 7) is 5.46. The Morgan fingerprint density at radius 2 is 1.85 bits per heavy atom. The third kappa shape index (κ3) is 2.87. The van der Waals surface area contributed by atoms with Gasteiger partial charge in [-0.25, -0.2) is 0 Å².